The molecule has 6 nitrogen and oxygen atoms in total. The van der Waals surface area contributed by atoms with Crippen LogP contribution in [0.15, 0.2) is 34.1 Å². The zero-order valence-corrected chi connectivity index (χ0v) is 18.1. The first-order valence-electron chi connectivity index (χ1n) is 9.52. The maximum atomic E-state index is 12.7. The summed E-state index contributed by atoms with van der Waals surface area (Å²) in [5.74, 6) is 0.239. The Labute approximate surface area is 176 Å². The highest BCUT2D eigenvalue weighted by atomic mass is 79.9. The molecule has 1 saturated carbocycles. The Morgan fingerprint density at radius 1 is 1.29 bits per heavy atom. The van der Waals surface area contributed by atoms with Crippen molar-refractivity contribution in [3.63, 3.8) is 0 Å². The van der Waals surface area contributed by atoms with Crippen molar-refractivity contribution in [1.29, 1.82) is 0 Å². The Kier molecular flexibility index (Phi) is 5.87. The fourth-order valence-corrected chi connectivity index (χ4v) is 4.23. The van der Waals surface area contributed by atoms with Crippen LogP contribution in [0.25, 0.3) is 5.69 Å². The van der Waals surface area contributed by atoms with Gasteiger partial charge in [-0.15, -0.1) is 16.4 Å². The van der Waals surface area contributed by atoms with E-state index < -0.39 is 0 Å². The van der Waals surface area contributed by atoms with E-state index in [9.17, 15) is 4.79 Å². The van der Waals surface area contributed by atoms with Crippen molar-refractivity contribution in [1.82, 2.24) is 25.3 Å². The van der Waals surface area contributed by atoms with E-state index in [1.165, 1.54) is 0 Å². The summed E-state index contributed by atoms with van der Waals surface area (Å²) in [4.78, 5) is 17.2. The molecule has 1 N–H and O–H groups in total. The fraction of sp³-hybridized carbons (Fsp3) is 0.400. The zero-order chi connectivity index (χ0) is 19.5. The monoisotopic (exact) mass is 459 g/mol. The predicted molar refractivity (Wildman–Crippen MR) is 113 cm³/mol. The average molecular weight is 460 g/mol. The van der Waals surface area contributed by atoms with E-state index in [0.717, 1.165) is 58.7 Å². The molecule has 1 aliphatic rings. The van der Waals surface area contributed by atoms with Gasteiger partial charge in [0, 0.05) is 28.0 Å². The smallest absolute Gasteiger partial charge is 0.273 e. The van der Waals surface area contributed by atoms with Crippen LogP contribution in [-0.4, -0.2) is 32.4 Å². The zero-order valence-electron chi connectivity index (χ0n) is 15.7. The van der Waals surface area contributed by atoms with Gasteiger partial charge in [0.2, 0.25) is 0 Å². The van der Waals surface area contributed by atoms with Crippen LogP contribution in [0.2, 0.25) is 0 Å². The third-order valence-electron chi connectivity index (χ3n) is 4.72. The van der Waals surface area contributed by atoms with Crippen LogP contribution in [0.3, 0.4) is 0 Å². The lowest BCUT2D eigenvalue weighted by Gasteiger charge is -2.08. The molecule has 1 fully saturated rings. The molecule has 0 atom stereocenters. The number of carbonyl (C=O) groups is 1. The molecular formula is C20H22BrN5OS. The van der Waals surface area contributed by atoms with Gasteiger partial charge in [-0.3, -0.25) is 4.79 Å². The van der Waals surface area contributed by atoms with Crippen molar-refractivity contribution in [3.8, 4) is 5.69 Å². The highest BCUT2D eigenvalue weighted by Gasteiger charge is 2.34. The topological polar surface area (TPSA) is 72.7 Å². The van der Waals surface area contributed by atoms with Crippen molar-refractivity contribution in [2.75, 3.05) is 6.54 Å². The Morgan fingerprint density at radius 2 is 2.07 bits per heavy atom. The normalized spacial score (nSPS) is 13.6. The van der Waals surface area contributed by atoms with Crippen LogP contribution in [0.4, 0.5) is 0 Å². The Morgan fingerprint density at radius 3 is 2.75 bits per heavy atom. The molecule has 4 rings (SSSR count). The molecule has 1 amide bonds. The maximum absolute atomic E-state index is 12.7. The summed E-state index contributed by atoms with van der Waals surface area (Å²) < 4.78 is 2.82. The largest absolute Gasteiger partial charge is 0.351 e. The second-order valence-corrected chi connectivity index (χ2v) is 8.94. The summed E-state index contributed by atoms with van der Waals surface area (Å²) in [6.45, 7) is 2.65. The van der Waals surface area contributed by atoms with Gasteiger partial charge in [-0.1, -0.05) is 21.1 Å². The minimum absolute atomic E-state index is 0.129. The standard InChI is InChI=1S/C20H22BrN5OS/c1-13-12-28-17(23-13)4-2-3-11-22-20(27)18-19(14-5-6-14)26(25-24-18)16-9-7-15(21)8-10-16/h7-10,12,14H,2-6,11H2,1H3,(H,22,27). The summed E-state index contributed by atoms with van der Waals surface area (Å²) in [7, 11) is 0. The number of halogens is 1. The van der Waals surface area contributed by atoms with Gasteiger partial charge in [-0.25, -0.2) is 9.67 Å². The first-order chi connectivity index (χ1) is 13.6. The average Bonchev–Trinajstić information content (AvgIpc) is 3.29. The second kappa shape index (κ2) is 8.53. The molecule has 0 bridgehead atoms. The SMILES string of the molecule is Cc1csc(CCCCNC(=O)c2nnn(-c3ccc(Br)cc3)c2C2CC2)n1. The molecule has 0 aliphatic heterocycles. The van der Waals surface area contributed by atoms with Crippen molar-refractivity contribution >= 4 is 33.2 Å². The van der Waals surface area contributed by atoms with Crippen LogP contribution >= 0.6 is 27.3 Å². The van der Waals surface area contributed by atoms with Crippen molar-refractivity contribution < 1.29 is 4.79 Å². The number of unbranched alkanes of at least 4 members (excludes halogenated alkanes) is 1. The van der Waals surface area contributed by atoms with E-state index in [1.807, 2.05) is 35.9 Å². The molecule has 0 spiro atoms. The maximum Gasteiger partial charge on any atom is 0.273 e. The lowest BCUT2D eigenvalue weighted by atomic mass is 10.2. The number of aryl methyl sites for hydroxylation is 2. The highest BCUT2D eigenvalue weighted by molar-refractivity contribution is 9.10. The molecule has 0 saturated heterocycles. The van der Waals surface area contributed by atoms with Gasteiger partial charge in [0.05, 0.1) is 16.4 Å². The number of hydrogen-bond acceptors (Lipinski definition) is 5. The summed E-state index contributed by atoms with van der Waals surface area (Å²) in [6, 6.07) is 7.90. The van der Waals surface area contributed by atoms with Crippen molar-refractivity contribution in [2.45, 2.75) is 44.9 Å². The van der Waals surface area contributed by atoms with Crippen molar-refractivity contribution in [3.05, 3.63) is 56.2 Å². The molecule has 1 aliphatic carbocycles. The number of hydrogen-bond donors (Lipinski definition) is 1. The number of thiazole rings is 1. The molecule has 2 aromatic heterocycles. The molecule has 146 valence electrons. The molecule has 0 unspecified atom stereocenters. The van der Waals surface area contributed by atoms with E-state index in [1.54, 1.807) is 11.3 Å². The van der Waals surface area contributed by atoms with E-state index in [2.05, 4.69) is 41.9 Å². The van der Waals surface area contributed by atoms with E-state index in [4.69, 9.17) is 0 Å². The predicted octanol–water partition coefficient (Wildman–Crippen LogP) is 4.42. The first-order valence-corrected chi connectivity index (χ1v) is 11.2. The molecule has 8 heteroatoms. The Hall–Kier alpha value is -2.06. The second-order valence-electron chi connectivity index (χ2n) is 7.08. The van der Waals surface area contributed by atoms with Crippen LogP contribution in [0.5, 0.6) is 0 Å². The van der Waals surface area contributed by atoms with Gasteiger partial charge >= 0.3 is 0 Å². The lowest BCUT2D eigenvalue weighted by Crippen LogP contribution is -2.26. The third kappa shape index (κ3) is 4.50. The molecule has 0 radical (unpaired) electrons. The van der Waals surface area contributed by atoms with E-state index >= 15 is 0 Å². The Bertz CT molecular complexity index is 961. The Balaban J connectivity index is 1.37. The van der Waals surface area contributed by atoms with E-state index in [0.29, 0.717) is 18.2 Å². The first kappa shape index (κ1) is 19.3. The van der Waals surface area contributed by atoms with Gasteiger partial charge in [0.15, 0.2) is 5.69 Å². The molecule has 2 heterocycles. The van der Waals surface area contributed by atoms with Gasteiger partial charge in [-0.05, 0) is 63.3 Å². The molecule has 3 aromatic rings. The van der Waals surface area contributed by atoms with Gasteiger partial charge in [0.25, 0.3) is 5.91 Å². The number of rotatable bonds is 8. The van der Waals surface area contributed by atoms with Crippen molar-refractivity contribution in [2.24, 2.45) is 0 Å². The number of nitrogens with zero attached hydrogens (tertiary/aromatic N) is 4. The summed E-state index contributed by atoms with van der Waals surface area (Å²) in [5.41, 5.74) is 3.39. The highest BCUT2D eigenvalue weighted by Crippen LogP contribution is 2.42. The minimum atomic E-state index is -0.129. The van der Waals surface area contributed by atoms with Gasteiger partial charge in [0.1, 0.15) is 0 Å². The molecule has 28 heavy (non-hydrogen) atoms. The number of amides is 1. The summed E-state index contributed by atoms with van der Waals surface area (Å²) in [5, 5.41) is 14.7. The van der Waals surface area contributed by atoms with Crippen LogP contribution in [0, 0.1) is 6.92 Å². The molecular weight excluding hydrogens is 438 g/mol. The van der Waals surface area contributed by atoms with E-state index in [-0.39, 0.29) is 5.91 Å². The van der Waals surface area contributed by atoms with Crippen LogP contribution < -0.4 is 5.32 Å². The van der Waals surface area contributed by atoms with Crippen LogP contribution in [0.1, 0.15) is 58.5 Å². The fourth-order valence-electron chi connectivity index (χ4n) is 3.15. The summed E-state index contributed by atoms with van der Waals surface area (Å²) in [6.07, 6.45) is 5.05. The van der Waals surface area contributed by atoms with Gasteiger partial charge in [-0.2, -0.15) is 0 Å². The molecule has 1 aromatic carbocycles. The van der Waals surface area contributed by atoms with Gasteiger partial charge < -0.3 is 5.32 Å². The summed E-state index contributed by atoms with van der Waals surface area (Å²) >= 11 is 5.15. The number of nitrogens with one attached hydrogen (secondary N) is 1. The third-order valence-corrected chi connectivity index (χ3v) is 6.28. The quantitative estimate of drug-likeness (QED) is 0.505. The number of aromatic nitrogens is 4. The minimum Gasteiger partial charge on any atom is -0.351 e. The number of carbonyl (C=O) groups excluding carboxylic acids is 1. The lowest BCUT2D eigenvalue weighted by molar-refractivity contribution is 0.0947. The van der Waals surface area contributed by atoms with Crippen LogP contribution in [-0.2, 0) is 6.42 Å². The number of benzene rings is 1.